The van der Waals surface area contributed by atoms with E-state index >= 15 is 0 Å². The molecule has 4 nitrogen and oxygen atoms in total. The van der Waals surface area contributed by atoms with E-state index < -0.39 is 0 Å². The van der Waals surface area contributed by atoms with E-state index in [0.29, 0.717) is 22.5 Å². The molecule has 4 heteroatoms. The molecule has 0 saturated heterocycles. The van der Waals surface area contributed by atoms with E-state index in [9.17, 15) is 4.79 Å². The summed E-state index contributed by atoms with van der Waals surface area (Å²) in [4.78, 5) is 16.3. The second kappa shape index (κ2) is 5.66. The molecular formula is C20H14N2O2. The lowest BCUT2D eigenvalue weighted by Gasteiger charge is -2.05. The molecule has 4 rings (SSSR count). The SMILES string of the molecule is Nc1ccc(-c2ccc(-c3cc(=O)c4ccccc4o3)cc2)cn1. The van der Waals surface area contributed by atoms with Gasteiger partial charge >= 0.3 is 0 Å². The number of pyridine rings is 1. The number of hydrogen-bond donors (Lipinski definition) is 1. The molecule has 0 fully saturated rings. The Kier molecular flexibility index (Phi) is 3.35. The van der Waals surface area contributed by atoms with Crippen LogP contribution in [0.4, 0.5) is 5.82 Å². The Labute approximate surface area is 138 Å². The topological polar surface area (TPSA) is 69.1 Å². The van der Waals surface area contributed by atoms with Gasteiger partial charge in [-0.3, -0.25) is 4.79 Å². The predicted octanol–water partition coefficient (Wildman–Crippen LogP) is 4.10. The van der Waals surface area contributed by atoms with Crippen LogP contribution in [0.5, 0.6) is 0 Å². The average molecular weight is 314 g/mol. The third kappa shape index (κ3) is 2.54. The Balaban J connectivity index is 1.75. The van der Waals surface area contributed by atoms with Crippen molar-refractivity contribution in [1.29, 1.82) is 0 Å². The number of para-hydroxylation sites is 1. The molecule has 0 atom stereocenters. The van der Waals surface area contributed by atoms with Gasteiger partial charge in [-0.05, 0) is 29.8 Å². The van der Waals surface area contributed by atoms with Crippen LogP contribution in [0.2, 0.25) is 0 Å². The molecule has 0 amide bonds. The zero-order valence-electron chi connectivity index (χ0n) is 12.8. The zero-order chi connectivity index (χ0) is 16.5. The fourth-order valence-corrected chi connectivity index (χ4v) is 2.65. The van der Waals surface area contributed by atoms with E-state index in [-0.39, 0.29) is 5.43 Å². The maximum Gasteiger partial charge on any atom is 0.193 e. The van der Waals surface area contributed by atoms with Crippen molar-refractivity contribution in [2.75, 3.05) is 5.73 Å². The number of benzene rings is 2. The minimum Gasteiger partial charge on any atom is -0.456 e. The normalized spacial score (nSPS) is 10.8. The number of aromatic nitrogens is 1. The monoisotopic (exact) mass is 314 g/mol. The van der Waals surface area contributed by atoms with E-state index in [1.54, 1.807) is 24.4 Å². The van der Waals surface area contributed by atoms with Gasteiger partial charge in [-0.15, -0.1) is 0 Å². The summed E-state index contributed by atoms with van der Waals surface area (Å²) in [5.41, 5.74) is 9.01. The number of nitrogen functional groups attached to an aromatic ring is 1. The average Bonchev–Trinajstić information content (AvgIpc) is 2.62. The van der Waals surface area contributed by atoms with E-state index in [1.165, 1.54) is 6.07 Å². The van der Waals surface area contributed by atoms with E-state index in [1.807, 2.05) is 42.5 Å². The second-order valence-corrected chi connectivity index (χ2v) is 5.52. The van der Waals surface area contributed by atoms with Crippen LogP contribution in [-0.4, -0.2) is 4.98 Å². The van der Waals surface area contributed by atoms with Gasteiger partial charge in [0.25, 0.3) is 0 Å². The second-order valence-electron chi connectivity index (χ2n) is 5.52. The number of anilines is 1. The van der Waals surface area contributed by atoms with Crippen LogP contribution < -0.4 is 11.2 Å². The summed E-state index contributed by atoms with van der Waals surface area (Å²) in [5.74, 6) is 1.05. The van der Waals surface area contributed by atoms with Crippen LogP contribution >= 0.6 is 0 Å². The van der Waals surface area contributed by atoms with Crippen molar-refractivity contribution in [3.05, 3.63) is 83.2 Å². The molecule has 2 aromatic heterocycles. The van der Waals surface area contributed by atoms with Gasteiger partial charge in [0.2, 0.25) is 0 Å². The summed E-state index contributed by atoms with van der Waals surface area (Å²) in [7, 11) is 0. The molecule has 116 valence electrons. The lowest BCUT2D eigenvalue weighted by atomic mass is 10.0. The third-order valence-corrected chi connectivity index (χ3v) is 3.92. The smallest absolute Gasteiger partial charge is 0.193 e. The molecule has 0 radical (unpaired) electrons. The highest BCUT2D eigenvalue weighted by molar-refractivity contribution is 5.79. The molecule has 0 aliphatic rings. The van der Waals surface area contributed by atoms with Crippen molar-refractivity contribution in [1.82, 2.24) is 4.98 Å². The van der Waals surface area contributed by atoms with Crippen LogP contribution in [0.3, 0.4) is 0 Å². The van der Waals surface area contributed by atoms with E-state index in [2.05, 4.69) is 4.98 Å². The lowest BCUT2D eigenvalue weighted by Crippen LogP contribution is -1.99. The van der Waals surface area contributed by atoms with Gasteiger partial charge in [-0.25, -0.2) is 4.98 Å². The fraction of sp³-hybridized carbons (Fsp3) is 0. The van der Waals surface area contributed by atoms with Gasteiger partial charge in [-0.2, -0.15) is 0 Å². The van der Waals surface area contributed by atoms with Crippen molar-refractivity contribution in [2.24, 2.45) is 0 Å². The van der Waals surface area contributed by atoms with E-state index in [0.717, 1.165) is 16.7 Å². The van der Waals surface area contributed by atoms with E-state index in [4.69, 9.17) is 10.2 Å². The standard InChI is InChI=1S/C20H14N2O2/c21-20-10-9-15(12-22-20)13-5-7-14(8-6-13)19-11-17(23)16-3-1-2-4-18(16)24-19/h1-12H,(H2,21,22). The number of nitrogens with two attached hydrogens (primary N) is 1. The van der Waals surface area contributed by atoms with Crippen LogP contribution in [0, 0.1) is 0 Å². The molecule has 4 aromatic rings. The van der Waals surface area contributed by atoms with Crippen molar-refractivity contribution >= 4 is 16.8 Å². The Morgan fingerprint density at radius 1 is 0.833 bits per heavy atom. The first-order valence-corrected chi connectivity index (χ1v) is 7.56. The molecule has 0 unspecified atom stereocenters. The first kappa shape index (κ1) is 14.2. The highest BCUT2D eigenvalue weighted by Gasteiger charge is 2.07. The predicted molar refractivity (Wildman–Crippen MR) is 95.6 cm³/mol. The molecular weight excluding hydrogens is 300 g/mol. The summed E-state index contributed by atoms with van der Waals surface area (Å²) < 4.78 is 5.86. The first-order valence-electron chi connectivity index (χ1n) is 7.56. The third-order valence-electron chi connectivity index (χ3n) is 3.92. The molecule has 0 aliphatic carbocycles. The molecule has 0 aliphatic heterocycles. The summed E-state index contributed by atoms with van der Waals surface area (Å²) >= 11 is 0. The van der Waals surface area contributed by atoms with Crippen molar-refractivity contribution in [3.63, 3.8) is 0 Å². The maximum atomic E-state index is 12.2. The van der Waals surface area contributed by atoms with Crippen molar-refractivity contribution < 1.29 is 4.42 Å². The minimum atomic E-state index is -0.0429. The fourth-order valence-electron chi connectivity index (χ4n) is 2.65. The number of rotatable bonds is 2. The quantitative estimate of drug-likeness (QED) is 0.604. The lowest BCUT2D eigenvalue weighted by molar-refractivity contribution is 0.619. The summed E-state index contributed by atoms with van der Waals surface area (Å²) in [6.07, 6.45) is 1.74. The molecule has 0 bridgehead atoms. The molecule has 24 heavy (non-hydrogen) atoms. The van der Waals surface area contributed by atoms with Gasteiger partial charge in [0.1, 0.15) is 17.2 Å². The number of hydrogen-bond acceptors (Lipinski definition) is 4. The first-order chi connectivity index (χ1) is 11.7. The van der Waals surface area contributed by atoms with Crippen LogP contribution in [0.15, 0.2) is 82.1 Å². The van der Waals surface area contributed by atoms with Gasteiger partial charge in [0, 0.05) is 23.4 Å². The van der Waals surface area contributed by atoms with Crippen molar-refractivity contribution in [3.8, 4) is 22.5 Å². The minimum absolute atomic E-state index is 0.0429. The molecule has 0 spiro atoms. The molecule has 2 aromatic carbocycles. The Morgan fingerprint density at radius 3 is 2.29 bits per heavy atom. The van der Waals surface area contributed by atoms with Gasteiger partial charge in [0.05, 0.1) is 5.39 Å². The molecule has 2 N–H and O–H groups in total. The van der Waals surface area contributed by atoms with Crippen LogP contribution in [0.25, 0.3) is 33.4 Å². The van der Waals surface area contributed by atoms with Gasteiger partial charge in [0.15, 0.2) is 5.43 Å². The highest BCUT2D eigenvalue weighted by atomic mass is 16.3. The zero-order valence-corrected chi connectivity index (χ0v) is 12.8. The summed E-state index contributed by atoms with van der Waals surface area (Å²) in [6, 6.07) is 20.3. The molecule has 0 saturated carbocycles. The summed E-state index contributed by atoms with van der Waals surface area (Å²) in [5, 5.41) is 0.589. The Bertz CT molecular complexity index is 1070. The number of fused-ring (bicyclic) bond motifs is 1. The number of nitrogens with zero attached hydrogens (tertiary/aromatic N) is 1. The van der Waals surface area contributed by atoms with Crippen molar-refractivity contribution in [2.45, 2.75) is 0 Å². The van der Waals surface area contributed by atoms with Gasteiger partial charge in [-0.1, -0.05) is 36.4 Å². The van der Waals surface area contributed by atoms with Crippen LogP contribution in [0.1, 0.15) is 0 Å². The maximum absolute atomic E-state index is 12.2. The Hall–Kier alpha value is -3.40. The van der Waals surface area contributed by atoms with Gasteiger partial charge < -0.3 is 10.2 Å². The summed E-state index contributed by atoms with van der Waals surface area (Å²) in [6.45, 7) is 0. The Morgan fingerprint density at radius 2 is 1.54 bits per heavy atom. The molecule has 2 heterocycles. The highest BCUT2D eigenvalue weighted by Crippen LogP contribution is 2.26. The van der Waals surface area contributed by atoms with Crippen LogP contribution in [-0.2, 0) is 0 Å². The largest absolute Gasteiger partial charge is 0.456 e.